The summed E-state index contributed by atoms with van der Waals surface area (Å²) < 4.78 is 0. The summed E-state index contributed by atoms with van der Waals surface area (Å²) in [5.41, 5.74) is 2.21. The van der Waals surface area contributed by atoms with E-state index >= 15 is 0 Å². The van der Waals surface area contributed by atoms with E-state index < -0.39 is 0 Å². The summed E-state index contributed by atoms with van der Waals surface area (Å²) in [6, 6.07) is 7.42. The molecule has 0 fully saturated rings. The van der Waals surface area contributed by atoms with Crippen molar-refractivity contribution in [2.75, 3.05) is 0 Å². The van der Waals surface area contributed by atoms with Gasteiger partial charge in [0.25, 0.3) is 0 Å². The maximum absolute atomic E-state index is 11.4. The van der Waals surface area contributed by atoms with Crippen molar-refractivity contribution >= 4 is 5.78 Å². The lowest BCUT2D eigenvalue weighted by atomic mass is 10.1. The highest BCUT2D eigenvalue weighted by atomic mass is 16.2. The van der Waals surface area contributed by atoms with Crippen LogP contribution in [-0.4, -0.2) is 10.9 Å². The van der Waals surface area contributed by atoms with E-state index in [1.807, 2.05) is 18.2 Å². The van der Waals surface area contributed by atoms with Gasteiger partial charge in [-0.05, 0) is 5.56 Å². The zero-order chi connectivity index (χ0) is 8.55. The number of allylic oxidation sites excluding steroid dienone is 1. The second kappa shape index (κ2) is 2.48. The third-order valence-corrected chi connectivity index (χ3v) is 2.09. The van der Waals surface area contributed by atoms with Gasteiger partial charge in [-0.2, -0.15) is 0 Å². The molecule has 0 unspecified atom stereocenters. The van der Waals surface area contributed by atoms with Crippen LogP contribution in [0.4, 0.5) is 0 Å². The lowest BCUT2D eigenvalue weighted by molar-refractivity contribution is 0.103. The van der Waals surface area contributed by atoms with Gasteiger partial charge in [0, 0.05) is 17.6 Å². The second-order valence-corrected chi connectivity index (χ2v) is 2.82. The Morgan fingerprint density at radius 3 is 2.75 bits per heavy atom. The van der Waals surface area contributed by atoms with Crippen molar-refractivity contribution in [3.05, 3.63) is 47.2 Å². The van der Waals surface area contributed by atoms with E-state index in [1.54, 1.807) is 6.07 Å². The van der Waals surface area contributed by atoms with E-state index in [0.29, 0.717) is 12.0 Å². The Morgan fingerprint density at radius 2 is 2.08 bits per heavy atom. The molecule has 0 atom stereocenters. The molecule has 1 N–H and O–H groups in total. The van der Waals surface area contributed by atoms with E-state index in [0.717, 1.165) is 17.4 Å². The predicted octanol–water partition coefficient (Wildman–Crippen LogP) is 1.87. The number of Topliss-reactive ketones (excluding diaryl/α,β-unsaturated/α-hetero) is 1. The summed E-state index contributed by atoms with van der Waals surface area (Å²) in [4.78, 5) is 11.4. The molecular weight excluding hydrogens is 152 g/mol. The fourth-order valence-electron chi connectivity index (χ4n) is 1.46. The molecule has 0 saturated carbocycles. The van der Waals surface area contributed by atoms with Gasteiger partial charge in [-0.25, -0.2) is 0 Å². The second-order valence-electron chi connectivity index (χ2n) is 2.82. The van der Waals surface area contributed by atoms with E-state index in [4.69, 9.17) is 5.11 Å². The SMILES string of the molecule is O=C1/C(=C\O)Cc2ccccc21. The van der Waals surface area contributed by atoms with E-state index in [2.05, 4.69) is 0 Å². The number of rotatable bonds is 0. The molecule has 1 aliphatic carbocycles. The first-order chi connectivity index (χ1) is 5.83. The number of hydrogen-bond donors (Lipinski definition) is 1. The highest BCUT2D eigenvalue weighted by molar-refractivity contribution is 6.12. The van der Waals surface area contributed by atoms with Crippen LogP contribution >= 0.6 is 0 Å². The molecular formula is C10H8O2. The topological polar surface area (TPSA) is 37.3 Å². The van der Waals surface area contributed by atoms with Crippen LogP contribution in [0, 0.1) is 0 Å². The Morgan fingerprint density at radius 1 is 1.33 bits per heavy atom. The van der Waals surface area contributed by atoms with Gasteiger partial charge in [0.1, 0.15) is 0 Å². The maximum atomic E-state index is 11.4. The first-order valence-corrected chi connectivity index (χ1v) is 3.79. The van der Waals surface area contributed by atoms with Crippen molar-refractivity contribution in [1.82, 2.24) is 0 Å². The van der Waals surface area contributed by atoms with Crippen molar-refractivity contribution in [3.63, 3.8) is 0 Å². The molecule has 0 heterocycles. The summed E-state index contributed by atoms with van der Waals surface area (Å²) in [6.45, 7) is 0. The minimum Gasteiger partial charge on any atom is -0.515 e. The van der Waals surface area contributed by atoms with Crippen LogP contribution in [0.25, 0.3) is 0 Å². The van der Waals surface area contributed by atoms with E-state index in [1.165, 1.54) is 0 Å². The molecule has 0 aliphatic heterocycles. The molecule has 0 spiro atoms. The zero-order valence-corrected chi connectivity index (χ0v) is 6.45. The molecule has 0 bridgehead atoms. The van der Waals surface area contributed by atoms with Crippen molar-refractivity contribution in [1.29, 1.82) is 0 Å². The van der Waals surface area contributed by atoms with Crippen molar-refractivity contribution in [3.8, 4) is 0 Å². The summed E-state index contributed by atoms with van der Waals surface area (Å²) in [6.07, 6.45) is 1.47. The van der Waals surface area contributed by atoms with E-state index in [-0.39, 0.29) is 5.78 Å². The smallest absolute Gasteiger partial charge is 0.192 e. The molecule has 0 aromatic heterocycles. The van der Waals surface area contributed by atoms with Crippen LogP contribution in [-0.2, 0) is 6.42 Å². The number of aliphatic hydroxyl groups is 1. The fraction of sp³-hybridized carbons (Fsp3) is 0.100. The number of benzene rings is 1. The van der Waals surface area contributed by atoms with Gasteiger partial charge in [-0.15, -0.1) is 0 Å². The summed E-state index contributed by atoms with van der Waals surface area (Å²) in [7, 11) is 0. The Balaban J connectivity index is 2.56. The lowest BCUT2D eigenvalue weighted by Gasteiger charge is -1.91. The molecule has 1 aromatic rings. The maximum Gasteiger partial charge on any atom is 0.192 e. The van der Waals surface area contributed by atoms with Crippen LogP contribution in [0.3, 0.4) is 0 Å². The Kier molecular flexibility index (Phi) is 1.47. The van der Waals surface area contributed by atoms with Crippen molar-refractivity contribution < 1.29 is 9.90 Å². The third-order valence-electron chi connectivity index (χ3n) is 2.09. The van der Waals surface area contributed by atoms with Gasteiger partial charge in [0.2, 0.25) is 0 Å². The van der Waals surface area contributed by atoms with E-state index in [9.17, 15) is 4.79 Å². The molecule has 0 saturated heterocycles. The largest absolute Gasteiger partial charge is 0.515 e. The predicted molar refractivity (Wildman–Crippen MR) is 45.2 cm³/mol. The van der Waals surface area contributed by atoms with Gasteiger partial charge in [0.15, 0.2) is 5.78 Å². The summed E-state index contributed by atoms with van der Waals surface area (Å²) in [5.74, 6) is -0.0481. The average molecular weight is 160 g/mol. The standard InChI is InChI=1S/C10H8O2/c11-6-8-5-7-3-1-2-4-9(7)10(8)12/h1-4,6,11H,5H2/b8-6-. The third kappa shape index (κ3) is 0.848. The number of carbonyl (C=O) groups excluding carboxylic acids is 1. The van der Waals surface area contributed by atoms with Crippen LogP contribution in [0.15, 0.2) is 36.1 Å². The Labute approximate surface area is 70.2 Å². The molecule has 12 heavy (non-hydrogen) atoms. The Hall–Kier alpha value is -1.57. The van der Waals surface area contributed by atoms with Gasteiger partial charge >= 0.3 is 0 Å². The van der Waals surface area contributed by atoms with Crippen LogP contribution in [0.5, 0.6) is 0 Å². The molecule has 2 rings (SSSR count). The summed E-state index contributed by atoms with van der Waals surface area (Å²) >= 11 is 0. The lowest BCUT2D eigenvalue weighted by Crippen LogP contribution is -1.94. The minimum atomic E-state index is -0.0481. The number of carbonyl (C=O) groups is 1. The number of aliphatic hydroxyl groups excluding tert-OH is 1. The monoisotopic (exact) mass is 160 g/mol. The molecule has 1 aromatic carbocycles. The van der Waals surface area contributed by atoms with Gasteiger partial charge < -0.3 is 5.11 Å². The highest BCUT2D eigenvalue weighted by Gasteiger charge is 2.23. The van der Waals surface area contributed by atoms with Crippen LogP contribution in [0.1, 0.15) is 15.9 Å². The molecule has 0 amide bonds. The number of fused-ring (bicyclic) bond motifs is 1. The number of ketones is 1. The normalized spacial score (nSPS) is 18.3. The molecule has 0 radical (unpaired) electrons. The molecule has 1 aliphatic rings. The molecule has 2 heteroatoms. The van der Waals surface area contributed by atoms with Crippen molar-refractivity contribution in [2.45, 2.75) is 6.42 Å². The van der Waals surface area contributed by atoms with Crippen LogP contribution in [0.2, 0.25) is 0 Å². The first-order valence-electron chi connectivity index (χ1n) is 3.79. The van der Waals surface area contributed by atoms with Gasteiger partial charge in [-0.1, -0.05) is 24.3 Å². The molecule has 60 valence electrons. The first kappa shape index (κ1) is 7.10. The average Bonchev–Trinajstić information content (AvgIpc) is 2.44. The van der Waals surface area contributed by atoms with Gasteiger partial charge in [-0.3, -0.25) is 4.79 Å². The van der Waals surface area contributed by atoms with Crippen molar-refractivity contribution in [2.24, 2.45) is 0 Å². The quantitative estimate of drug-likeness (QED) is 0.464. The highest BCUT2D eigenvalue weighted by Crippen LogP contribution is 2.24. The van der Waals surface area contributed by atoms with Crippen LogP contribution < -0.4 is 0 Å². The zero-order valence-electron chi connectivity index (χ0n) is 6.45. The molecule has 2 nitrogen and oxygen atoms in total. The fourth-order valence-corrected chi connectivity index (χ4v) is 1.46. The number of hydrogen-bond acceptors (Lipinski definition) is 2. The van der Waals surface area contributed by atoms with Gasteiger partial charge in [0.05, 0.1) is 6.26 Å². The Bertz CT molecular complexity index is 364. The minimum absolute atomic E-state index is 0.0481. The summed E-state index contributed by atoms with van der Waals surface area (Å²) in [5, 5.41) is 8.73.